The van der Waals surface area contributed by atoms with Crippen LogP contribution in [0, 0.1) is 11.8 Å². The Hall–Kier alpha value is -1.91. The molecular weight excluding hydrogens is 304 g/mol. The largest absolute Gasteiger partial charge is 0.356 e. The molecular formula is C19H26N2O3. The first-order chi connectivity index (χ1) is 11.7. The highest BCUT2D eigenvalue weighted by Gasteiger charge is 2.46. The van der Waals surface area contributed by atoms with Gasteiger partial charge in [0.15, 0.2) is 0 Å². The number of allylic oxidation sites excluding steroid dienone is 3. The Morgan fingerprint density at radius 2 is 1.83 bits per heavy atom. The van der Waals surface area contributed by atoms with Crippen LogP contribution in [-0.2, 0) is 14.4 Å². The first-order valence-corrected chi connectivity index (χ1v) is 9.11. The molecule has 1 fully saturated rings. The average Bonchev–Trinajstić information content (AvgIpc) is 2.85. The van der Waals surface area contributed by atoms with Crippen molar-refractivity contribution >= 4 is 17.7 Å². The molecule has 3 rings (SSSR count). The van der Waals surface area contributed by atoms with E-state index < -0.39 is 0 Å². The number of likely N-dealkylation sites (tertiary alicyclic amines) is 1. The van der Waals surface area contributed by atoms with Gasteiger partial charge in [0, 0.05) is 19.5 Å². The lowest BCUT2D eigenvalue weighted by Gasteiger charge is -2.15. The van der Waals surface area contributed by atoms with Gasteiger partial charge in [-0.05, 0) is 44.9 Å². The molecule has 0 saturated carbocycles. The Kier molecular flexibility index (Phi) is 5.48. The molecule has 0 unspecified atom stereocenters. The number of nitrogens with zero attached hydrogens (tertiary/aromatic N) is 1. The van der Waals surface area contributed by atoms with Crippen LogP contribution in [0.2, 0.25) is 0 Å². The van der Waals surface area contributed by atoms with Gasteiger partial charge in [-0.15, -0.1) is 0 Å². The van der Waals surface area contributed by atoms with Gasteiger partial charge >= 0.3 is 0 Å². The average molecular weight is 330 g/mol. The molecule has 0 spiro atoms. The molecule has 2 aliphatic carbocycles. The summed E-state index contributed by atoms with van der Waals surface area (Å²) in [6, 6.07) is 0. The molecule has 3 amide bonds. The quantitative estimate of drug-likeness (QED) is 0.600. The second-order valence-electron chi connectivity index (χ2n) is 6.94. The van der Waals surface area contributed by atoms with E-state index in [2.05, 4.69) is 11.4 Å². The molecule has 130 valence electrons. The third-order valence-corrected chi connectivity index (χ3v) is 5.31. The second-order valence-corrected chi connectivity index (χ2v) is 6.94. The van der Waals surface area contributed by atoms with Gasteiger partial charge in [-0.3, -0.25) is 19.3 Å². The van der Waals surface area contributed by atoms with E-state index in [4.69, 9.17) is 0 Å². The summed E-state index contributed by atoms with van der Waals surface area (Å²) in [4.78, 5) is 37.9. The Morgan fingerprint density at radius 1 is 1.12 bits per heavy atom. The Balaban J connectivity index is 1.40. The number of rotatable bonds is 6. The van der Waals surface area contributed by atoms with E-state index in [1.807, 2.05) is 12.2 Å². The normalized spacial score (nSPS) is 26.3. The third kappa shape index (κ3) is 3.77. The molecule has 0 aromatic heterocycles. The molecule has 0 aromatic carbocycles. The Morgan fingerprint density at radius 3 is 2.46 bits per heavy atom. The summed E-state index contributed by atoms with van der Waals surface area (Å²) in [5, 5.41) is 2.90. The lowest BCUT2D eigenvalue weighted by atomic mass is 9.85. The van der Waals surface area contributed by atoms with Crippen molar-refractivity contribution in [2.24, 2.45) is 11.8 Å². The predicted molar refractivity (Wildman–Crippen MR) is 90.9 cm³/mol. The summed E-state index contributed by atoms with van der Waals surface area (Å²) >= 11 is 0. The van der Waals surface area contributed by atoms with Crippen LogP contribution in [0.5, 0.6) is 0 Å². The minimum absolute atomic E-state index is 0.0833. The number of hydrogen-bond donors (Lipinski definition) is 1. The Labute approximate surface area is 143 Å². The van der Waals surface area contributed by atoms with Crippen molar-refractivity contribution in [2.75, 3.05) is 13.1 Å². The number of carbonyl (C=O) groups is 3. The first-order valence-electron chi connectivity index (χ1n) is 9.11. The molecule has 5 nitrogen and oxygen atoms in total. The third-order valence-electron chi connectivity index (χ3n) is 5.31. The summed E-state index contributed by atoms with van der Waals surface area (Å²) in [5.41, 5.74) is 1.43. The highest BCUT2D eigenvalue weighted by molar-refractivity contribution is 6.05. The number of nitrogens with one attached hydrogen (secondary N) is 1. The fourth-order valence-corrected chi connectivity index (χ4v) is 3.89. The molecule has 0 bridgehead atoms. The van der Waals surface area contributed by atoms with E-state index in [9.17, 15) is 14.4 Å². The monoisotopic (exact) mass is 330 g/mol. The lowest BCUT2D eigenvalue weighted by Crippen LogP contribution is -2.35. The lowest BCUT2D eigenvalue weighted by molar-refractivity contribution is -0.140. The molecule has 2 atom stereocenters. The van der Waals surface area contributed by atoms with Gasteiger partial charge in [0.05, 0.1) is 11.8 Å². The first kappa shape index (κ1) is 16.9. The maximum absolute atomic E-state index is 12.3. The van der Waals surface area contributed by atoms with Crippen LogP contribution in [0.15, 0.2) is 23.8 Å². The van der Waals surface area contributed by atoms with E-state index in [1.54, 1.807) is 0 Å². The van der Waals surface area contributed by atoms with Crippen LogP contribution in [0.3, 0.4) is 0 Å². The van der Waals surface area contributed by atoms with E-state index in [-0.39, 0.29) is 42.5 Å². The van der Waals surface area contributed by atoms with Gasteiger partial charge < -0.3 is 5.32 Å². The van der Waals surface area contributed by atoms with Crippen LogP contribution in [0.1, 0.15) is 51.4 Å². The van der Waals surface area contributed by atoms with Gasteiger partial charge in [0.1, 0.15) is 0 Å². The molecule has 0 aromatic rings. The van der Waals surface area contributed by atoms with Crippen LogP contribution in [-0.4, -0.2) is 35.7 Å². The molecule has 24 heavy (non-hydrogen) atoms. The van der Waals surface area contributed by atoms with Gasteiger partial charge in [0.2, 0.25) is 17.7 Å². The van der Waals surface area contributed by atoms with Crippen LogP contribution < -0.4 is 5.32 Å². The van der Waals surface area contributed by atoms with Crippen LogP contribution >= 0.6 is 0 Å². The molecule has 3 aliphatic rings. The molecule has 1 aliphatic heterocycles. The van der Waals surface area contributed by atoms with Crippen molar-refractivity contribution < 1.29 is 14.4 Å². The van der Waals surface area contributed by atoms with E-state index in [1.165, 1.54) is 23.3 Å². The number of amides is 3. The molecule has 1 heterocycles. The van der Waals surface area contributed by atoms with Gasteiger partial charge in [-0.1, -0.05) is 23.8 Å². The topological polar surface area (TPSA) is 66.5 Å². The highest BCUT2D eigenvalue weighted by Crippen LogP contribution is 2.34. The van der Waals surface area contributed by atoms with Crippen molar-refractivity contribution in [1.82, 2.24) is 10.2 Å². The van der Waals surface area contributed by atoms with E-state index in [0.29, 0.717) is 19.4 Å². The van der Waals surface area contributed by atoms with Gasteiger partial charge in [-0.2, -0.15) is 0 Å². The minimum Gasteiger partial charge on any atom is -0.356 e. The van der Waals surface area contributed by atoms with Gasteiger partial charge in [0.25, 0.3) is 0 Å². The minimum atomic E-state index is -0.205. The van der Waals surface area contributed by atoms with Crippen molar-refractivity contribution in [3.05, 3.63) is 23.8 Å². The van der Waals surface area contributed by atoms with Crippen LogP contribution in [0.4, 0.5) is 0 Å². The zero-order chi connectivity index (χ0) is 16.9. The van der Waals surface area contributed by atoms with E-state index >= 15 is 0 Å². The summed E-state index contributed by atoms with van der Waals surface area (Å²) in [6.07, 6.45) is 13.4. The van der Waals surface area contributed by atoms with Crippen molar-refractivity contribution in [1.29, 1.82) is 0 Å². The number of hydrogen-bond acceptors (Lipinski definition) is 3. The van der Waals surface area contributed by atoms with Crippen molar-refractivity contribution in [3.8, 4) is 0 Å². The standard InChI is InChI=1S/C19H26N2O3/c22-17(20-12-10-14-6-2-1-3-7-14)11-13-21-18(23)15-8-4-5-9-16(15)19(21)24/h4-6,15-16H,1-3,7-13H2,(H,20,22)/t15-,16-/m1/s1. The van der Waals surface area contributed by atoms with Gasteiger partial charge in [-0.25, -0.2) is 0 Å². The molecule has 0 radical (unpaired) electrons. The van der Waals surface area contributed by atoms with Crippen molar-refractivity contribution in [3.63, 3.8) is 0 Å². The molecule has 5 heteroatoms. The van der Waals surface area contributed by atoms with Crippen molar-refractivity contribution in [2.45, 2.75) is 51.4 Å². The van der Waals surface area contributed by atoms with Crippen LogP contribution in [0.25, 0.3) is 0 Å². The predicted octanol–water partition coefficient (Wildman–Crippen LogP) is 2.33. The summed E-state index contributed by atoms with van der Waals surface area (Å²) < 4.78 is 0. The zero-order valence-electron chi connectivity index (χ0n) is 14.1. The zero-order valence-corrected chi connectivity index (χ0v) is 14.1. The maximum Gasteiger partial charge on any atom is 0.233 e. The second kappa shape index (κ2) is 7.77. The Bertz CT molecular complexity index is 553. The number of imide groups is 1. The number of carbonyl (C=O) groups excluding carboxylic acids is 3. The molecule has 1 N–H and O–H groups in total. The summed E-state index contributed by atoms with van der Waals surface area (Å²) in [5.74, 6) is -0.698. The maximum atomic E-state index is 12.3. The smallest absolute Gasteiger partial charge is 0.233 e. The number of fused-ring (bicyclic) bond motifs is 1. The summed E-state index contributed by atoms with van der Waals surface area (Å²) in [6.45, 7) is 0.848. The molecule has 1 saturated heterocycles. The fourth-order valence-electron chi connectivity index (χ4n) is 3.89. The fraction of sp³-hybridized carbons (Fsp3) is 0.632. The SMILES string of the molecule is O=C(CCN1C(=O)[C@@H]2CC=CC[C@H]2C1=O)NCCC1=CCCCC1. The summed E-state index contributed by atoms with van der Waals surface area (Å²) in [7, 11) is 0. The highest BCUT2D eigenvalue weighted by atomic mass is 16.2. The van der Waals surface area contributed by atoms with E-state index in [0.717, 1.165) is 19.3 Å².